The largest absolute Gasteiger partial charge is 0.350 e. The van der Waals surface area contributed by atoms with Crippen molar-refractivity contribution in [3.05, 3.63) is 35.9 Å². The van der Waals surface area contributed by atoms with Gasteiger partial charge in [0.1, 0.15) is 6.04 Å². The second-order valence-electron chi connectivity index (χ2n) is 6.74. The molecule has 5 nitrogen and oxygen atoms in total. The molecule has 0 saturated carbocycles. The summed E-state index contributed by atoms with van der Waals surface area (Å²) in [5.74, 6) is 0.0808. The fourth-order valence-electron chi connectivity index (χ4n) is 3.22. The number of benzene rings is 1. The summed E-state index contributed by atoms with van der Waals surface area (Å²) in [5.41, 5.74) is 6.92. The van der Waals surface area contributed by atoms with Crippen LogP contribution in [0, 0.1) is 0 Å². The minimum absolute atomic E-state index is 0. The number of halogens is 2. The van der Waals surface area contributed by atoms with Gasteiger partial charge in [-0.05, 0) is 19.0 Å². The Bertz CT molecular complexity index is 496. The van der Waals surface area contributed by atoms with Crippen molar-refractivity contribution in [3.8, 4) is 0 Å². The number of carbonyl (C=O) groups excluding carboxylic acids is 1. The van der Waals surface area contributed by atoms with Crippen molar-refractivity contribution < 1.29 is 4.79 Å². The van der Waals surface area contributed by atoms with Gasteiger partial charge in [0, 0.05) is 38.8 Å². The molecule has 1 saturated heterocycles. The zero-order chi connectivity index (χ0) is 17.4. The van der Waals surface area contributed by atoms with Crippen molar-refractivity contribution in [1.82, 2.24) is 15.1 Å². The first kappa shape index (κ1) is 25.1. The molecule has 0 aromatic heterocycles. The molecule has 0 radical (unpaired) electrons. The van der Waals surface area contributed by atoms with Crippen LogP contribution in [0.1, 0.15) is 37.8 Å². The average Bonchev–Trinajstić information content (AvgIpc) is 2.61. The van der Waals surface area contributed by atoms with E-state index in [-0.39, 0.29) is 42.8 Å². The molecule has 26 heavy (non-hydrogen) atoms. The highest BCUT2D eigenvalue weighted by Crippen LogP contribution is 2.22. The first-order valence-corrected chi connectivity index (χ1v) is 9.13. The van der Waals surface area contributed by atoms with E-state index in [1.165, 1.54) is 0 Å². The van der Waals surface area contributed by atoms with Crippen LogP contribution in [0.2, 0.25) is 0 Å². The summed E-state index contributed by atoms with van der Waals surface area (Å²) < 4.78 is 0. The molecule has 7 heteroatoms. The number of unbranched alkanes of at least 4 members (excludes halogenated alkanes) is 1. The van der Waals surface area contributed by atoms with E-state index in [1.807, 2.05) is 30.3 Å². The zero-order valence-corrected chi connectivity index (χ0v) is 17.5. The van der Waals surface area contributed by atoms with Crippen LogP contribution in [0.25, 0.3) is 0 Å². The molecule has 1 heterocycles. The van der Waals surface area contributed by atoms with Crippen LogP contribution >= 0.6 is 24.8 Å². The number of nitrogens with one attached hydrogen (secondary N) is 1. The van der Waals surface area contributed by atoms with Gasteiger partial charge in [0.2, 0.25) is 5.91 Å². The molecule has 1 aliphatic rings. The van der Waals surface area contributed by atoms with Gasteiger partial charge < -0.3 is 16.0 Å². The molecule has 3 N–H and O–H groups in total. The quantitative estimate of drug-likeness (QED) is 0.698. The lowest BCUT2D eigenvalue weighted by Gasteiger charge is -2.38. The second kappa shape index (κ2) is 13.3. The summed E-state index contributed by atoms with van der Waals surface area (Å²) in [5, 5.41) is 3.19. The fourth-order valence-corrected chi connectivity index (χ4v) is 3.22. The summed E-state index contributed by atoms with van der Waals surface area (Å²) in [4.78, 5) is 17.6. The zero-order valence-electron chi connectivity index (χ0n) is 15.9. The van der Waals surface area contributed by atoms with E-state index >= 15 is 0 Å². The predicted octanol–water partition coefficient (Wildman–Crippen LogP) is 2.45. The van der Waals surface area contributed by atoms with Gasteiger partial charge >= 0.3 is 0 Å². The van der Waals surface area contributed by atoms with Crippen molar-refractivity contribution in [2.45, 2.75) is 38.3 Å². The maximum Gasteiger partial charge on any atom is 0.242 e. The van der Waals surface area contributed by atoms with Crippen molar-refractivity contribution in [1.29, 1.82) is 0 Å². The molecule has 2 rings (SSSR count). The van der Waals surface area contributed by atoms with Crippen LogP contribution in [-0.4, -0.2) is 61.5 Å². The first-order chi connectivity index (χ1) is 11.7. The first-order valence-electron chi connectivity index (χ1n) is 9.13. The average molecular weight is 405 g/mol. The van der Waals surface area contributed by atoms with Gasteiger partial charge in [-0.15, -0.1) is 24.8 Å². The molecule has 0 spiro atoms. The molecule has 0 aliphatic carbocycles. The summed E-state index contributed by atoms with van der Waals surface area (Å²) in [6.45, 7) is 6.46. The van der Waals surface area contributed by atoms with Gasteiger partial charge in [-0.2, -0.15) is 0 Å². The number of likely N-dealkylation sites (N-methyl/N-ethyl adjacent to an activating group) is 1. The molecule has 0 bridgehead atoms. The Morgan fingerprint density at radius 1 is 1.15 bits per heavy atom. The van der Waals surface area contributed by atoms with Crippen molar-refractivity contribution in [3.63, 3.8) is 0 Å². The van der Waals surface area contributed by atoms with Crippen LogP contribution in [0.4, 0.5) is 0 Å². The van der Waals surface area contributed by atoms with E-state index in [0.29, 0.717) is 6.54 Å². The number of amides is 1. The number of rotatable bonds is 8. The lowest BCUT2D eigenvalue weighted by molar-refractivity contribution is -0.128. The maximum atomic E-state index is 13.0. The Morgan fingerprint density at radius 2 is 1.77 bits per heavy atom. The minimum atomic E-state index is -0.226. The standard InChI is InChI=1S/C19H32N4O.2ClH/c1-3-4-10-17(15-20)21-19(24)18(16-8-6-5-7-9-16)23-13-11-22(2)12-14-23;;/h5-9,17-18H,3-4,10-15,20H2,1-2H3,(H,21,24);2*1H. The van der Waals surface area contributed by atoms with Gasteiger partial charge in [0.05, 0.1) is 0 Å². The number of nitrogens with two attached hydrogens (primary N) is 1. The Hall–Kier alpha value is -0.850. The summed E-state index contributed by atoms with van der Waals surface area (Å²) in [6, 6.07) is 9.93. The van der Waals surface area contributed by atoms with Gasteiger partial charge in [-0.1, -0.05) is 50.1 Å². The molecule has 1 aromatic rings. The van der Waals surface area contributed by atoms with E-state index in [4.69, 9.17) is 5.73 Å². The third-order valence-corrected chi connectivity index (χ3v) is 4.80. The highest BCUT2D eigenvalue weighted by Gasteiger charge is 2.30. The van der Waals surface area contributed by atoms with Crippen LogP contribution in [-0.2, 0) is 4.79 Å². The smallest absolute Gasteiger partial charge is 0.242 e. The molecular formula is C19H34Cl2N4O. The van der Waals surface area contributed by atoms with Crippen molar-refractivity contribution >= 4 is 30.7 Å². The van der Waals surface area contributed by atoms with E-state index in [0.717, 1.165) is 51.0 Å². The van der Waals surface area contributed by atoms with E-state index in [1.54, 1.807) is 0 Å². The number of carbonyl (C=O) groups is 1. The van der Waals surface area contributed by atoms with Crippen molar-refractivity contribution in [2.24, 2.45) is 5.73 Å². The lowest BCUT2D eigenvalue weighted by Crippen LogP contribution is -2.52. The van der Waals surface area contributed by atoms with Gasteiger partial charge in [0.15, 0.2) is 0 Å². The molecule has 2 atom stereocenters. The van der Waals surface area contributed by atoms with Gasteiger partial charge in [-0.25, -0.2) is 0 Å². The third-order valence-electron chi connectivity index (χ3n) is 4.80. The monoisotopic (exact) mass is 404 g/mol. The molecule has 1 aromatic carbocycles. The Kier molecular flexibility index (Phi) is 12.9. The molecule has 1 fully saturated rings. The second-order valence-corrected chi connectivity index (χ2v) is 6.74. The summed E-state index contributed by atoms with van der Waals surface area (Å²) >= 11 is 0. The molecule has 1 amide bonds. The summed E-state index contributed by atoms with van der Waals surface area (Å²) in [7, 11) is 2.13. The SMILES string of the molecule is CCCCC(CN)NC(=O)C(c1ccccc1)N1CCN(C)CC1.Cl.Cl. The topological polar surface area (TPSA) is 61.6 Å². The highest BCUT2D eigenvalue weighted by molar-refractivity contribution is 5.85. The van der Waals surface area contributed by atoms with Gasteiger partial charge in [0.25, 0.3) is 0 Å². The molecule has 1 aliphatic heterocycles. The number of nitrogens with zero attached hydrogens (tertiary/aromatic N) is 2. The van der Waals surface area contributed by atoms with Crippen LogP contribution in [0.3, 0.4) is 0 Å². The Balaban J connectivity index is 0.00000312. The fraction of sp³-hybridized carbons (Fsp3) is 0.632. The van der Waals surface area contributed by atoms with Crippen molar-refractivity contribution in [2.75, 3.05) is 39.8 Å². The van der Waals surface area contributed by atoms with Crippen LogP contribution in [0.5, 0.6) is 0 Å². The minimum Gasteiger partial charge on any atom is -0.350 e. The number of hydrogen-bond donors (Lipinski definition) is 2. The molecule has 150 valence electrons. The Morgan fingerprint density at radius 3 is 2.31 bits per heavy atom. The molecule has 2 unspecified atom stereocenters. The van der Waals surface area contributed by atoms with Crippen LogP contribution in [0.15, 0.2) is 30.3 Å². The normalized spacial score (nSPS) is 17.5. The van der Waals surface area contributed by atoms with E-state index in [2.05, 4.69) is 29.1 Å². The van der Waals surface area contributed by atoms with Crippen LogP contribution < -0.4 is 11.1 Å². The van der Waals surface area contributed by atoms with E-state index < -0.39 is 0 Å². The number of piperazine rings is 1. The highest BCUT2D eigenvalue weighted by atomic mass is 35.5. The lowest BCUT2D eigenvalue weighted by atomic mass is 10.0. The van der Waals surface area contributed by atoms with E-state index in [9.17, 15) is 4.79 Å². The molecular weight excluding hydrogens is 371 g/mol. The predicted molar refractivity (Wildman–Crippen MR) is 113 cm³/mol. The third kappa shape index (κ3) is 7.41. The number of hydrogen-bond acceptors (Lipinski definition) is 4. The van der Waals surface area contributed by atoms with Gasteiger partial charge in [-0.3, -0.25) is 9.69 Å². The summed E-state index contributed by atoms with van der Waals surface area (Å²) in [6.07, 6.45) is 3.16. The Labute approximate surface area is 170 Å². The maximum absolute atomic E-state index is 13.0.